The second-order valence-corrected chi connectivity index (χ2v) is 4.88. The summed E-state index contributed by atoms with van der Waals surface area (Å²) >= 11 is 0. The fourth-order valence-electron chi connectivity index (χ4n) is 2.41. The van der Waals surface area contributed by atoms with Crippen LogP contribution in [0, 0.1) is 5.82 Å². The Bertz CT molecular complexity index is 456. The van der Waals surface area contributed by atoms with Gasteiger partial charge in [-0.15, -0.1) is 0 Å². The minimum atomic E-state index is -0.594. The highest BCUT2D eigenvalue weighted by atomic mass is 19.1. The van der Waals surface area contributed by atoms with E-state index in [0.29, 0.717) is 5.57 Å². The maximum Gasteiger partial charge on any atom is 0.333 e. The molecule has 0 spiro atoms. The van der Waals surface area contributed by atoms with Crippen LogP contribution in [-0.4, -0.2) is 5.97 Å². The van der Waals surface area contributed by atoms with Gasteiger partial charge in [-0.05, 0) is 50.3 Å². The third-order valence-electron chi connectivity index (χ3n) is 3.42. The number of benzene rings is 1. The summed E-state index contributed by atoms with van der Waals surface area (Å²) in [5, 5.41) is 0. The number of hydrogen-bond acceptors (Lipinski definition) is 2. The zero-order chi connectivity index (χ0) is 13.2. The molecule has 96 valence electrons. The van der Waals surface area contributed by atoms with E-state index in [-0.39, 0.29) is 11.8 Å². The molecule has 1 aromatic carbocycles. The van der Waals surface area contributed by atoms with E-state index in [1.165, 1.54) is 12.1 Å². The van der Waals surface area contributed by atoms with Gasteiger partial charge in [-0.2, -0.15) is 0 Å². The van der Waals surface area contributed by atoms with E-state index in [1.54, 1.807) is 19.1 Å². The van der Waals surface area contributed by atoms with Crippen LogP contribution < -0.4 is 0 Å². The molecule has 0 bridgehead atoms. The second-order valence-electron chi connectivity index (χ2n) is 4.88. The summed E-state index contributed by atoms with van der Waals surface area (Å²) in [6.07, 6.45) is 3.61. The van der Waals surface area contributed by atoms with Crippen LogP contribution in [0.2, 0.25) is 0 Å². The molecule has 0 radical (unpaired) electrons. The molecule has 0 atom stereocenters. The predicted molar refractivity (Wildman–Crippen MR) is 67.5 cm³/mol. The lowest BCUT2D eigenvalue weighted by Gasteiger charge is -2.29. The summed E-state index contributed by atoms with van der Waals surface area (Å²) in [5.41, 5.74) is 0.670. The third kappa shape index (κ3) is 2.45. The number of ether oxygens (including phenoxy) is 1. The van der Waals surface area contributed by atoms with Crippen molar-refractivity contribution in [1.29, 1.82) is 0 Å². The average Bonchev–Trinajstić information content (AvgIpc) is 2.79. The minimum Gasteiger partial charge on any atom is -0.451 e. The van der Waals surface area contributed by atoms with Gasteiger partial charge in [-0.3, -0.25) is 0 Å². The smallest absolute Gasteiger partial charge is 0.333 e. The van der Waals surface area contributed by atoms with Crippen molar-refractivity contribution in [1.82, 2.24) is 0 Å². The van der Waals surface area contributed by atoms with Crippen molar-refractivity contribution in [2.24, 2.45) is 0 Å². The van der Waals surface area contributed by atoms with Gasteiger partial charge in [0.2, 0.25) is 0 Å². The first kappa shape index (κ1) is 12.8. The molecule has 0 N–H and O–H groups in total. The largest absolute Gasteiger partial charge is 0.451 e. The van der Waals surface area contributed by atoms with E-state index in [2.05, 4.69) is 6.58 Å². The van der Waals surface area contributed by atoms with Crippen molar-refractivity contribution in [3.63, 3.8) is 0 Å². The van der Waals surface area contributed by atoms with E-state index in [4.69, 9.17) is 4.74 Å². The summed E-state index contributed by atoms with van der Waals surface area (Å²) in [6.45, 7) is 5.24. The standard InChI is InChI=1S/C15H17FO2/c1-11(2)14(17)18-15(9-3-4-10-15)12-5-7-13(16)8-6-12/h5-8H,1,3-4,9-10H2,2H3. The number of rotatable bonds is 3. The average molecular weight is 248 g/mol. The van der Waals surface area contributed by atoms with Gasteiger partial charge in [0.15, 0.2) is 0 Å². The SMILES string of the molecule is C=C(C)C(=O)OC1(c2ccc(F)cc2)CCCC1. The van der Waals surface area contributed by atoms with Crippen LogP contribution >= 0.6 is 0 Å². The van der Waals surface area contributed by atoms with Gasteiger partial charge >= 0.3 is 5.97 Å². The number of carbonyl (C=O) groups excluding carboxylic acids is 1. The van der Waals surface area contributed by atoms with Crippen LogP contribution in [0.4, 0.5) is 4.39 Å². The molecule has 0 unspecified atom stereocenters. The molecule has 2 nitrogen and oxygen atoms in total. The normalized spacial score (nSPS) is 17.4. The van der Waals surface area contributed by atoms with Crippen LogP contribution in [0.3, 0.4) is 0 Å². The van der Waals surface area contributed by atoms with E-state index in [1.807, 2.05) is 0 Å². The van der Waals surface area contributed by atoms with Crippen LogP contribution in [0.25, 0.3) is 0 Å². The summed E-state index contributed by atoms with van der Waals surface area (Å²) in [4.78, 5) is 11.7. The molecular weight excluding hydrogens is 231 g/mol. The van der Waals surface area contributed by atoms with Crippen LogP contribution in [-0.2, 0) is 15.1 Å². The Kier molecular flexibility index (Phi) is 3.50. The van der Waals surface area contributed by atoms with Crippen molar-refractivity contribution in [2.75, 3.05) is 0 Å². The van der Waals surface area contributed by atoms with Crippen molar-refractivity contribution in [2.45, 2.75) is 38.2 Å². The van der Waals surface area contributed by atoms with Crippen molar-refractivity contribution in [3.8, 4) is 0 Å². The zero-order valence-electron chi connectivity index (χ0n) is 10.5. The van der Waals surface area contributed by atoms with Crippen molar-refractivity contribution in [3.05, 3.63) is 47.8 Å². The van der Waals surface area contributed by atoms with E-state index in [0.717, 1.165) is 31.2 Å². The second kappa shape index (κ2) is 4.92. The molecule has 2 rings (SSSR count). The molecule has 0 aromatic heterocycles. The summed E-state index contributed by atoms with van der Waals surface area (Å²) in [7, 11) is 0. The predicted octanol–water partition coefficient (Wildman–Crippen LogP) is 3.71. The lowest BCUT2D eigenvalue weighted by Crippen LogP contribution is -2.29. The highest BCUT2D eigenvalue weighted by molar-refractivity contribution is 5.87. The molecule has 0 saturated heterocycles. The zero-order valence-corrected chi connectivity index (χ0v) is 10.5. The monoisotopic (exact) mass is 248 g/mol. The fourth-order valence-corrected chi connectivity index (χ4v) is 2.41. The third-order valence-corrected chi connectivity index (χ3v) is 3.42. The molecular formula is C15H17FO2. The molecule has 0 aliphatic heterocycles. The first-order valence-corrected chi connectivity index (χ1v) is 6.18. The Morgan fingerprint density at radius 3 is 2.33 bits per heavy atom. The summed E-state index contributed by atoms with van der Waals surface area (Å²) in [6, 6.07) is 6.22. The minimum absolute atomic E-state index is 0.280. The molecule has 1 aliphatic carbocycles. The van der Waals surface area contributed by atoms with Gasteiger partial charge in [0, 0.05) is 5.57 Å². The molecule has 1 fully saturated rings. The Labute approximate surface area is 106 Å². The summed E-state index contributed by atoms with van der Waals surface area (Å²) in [5.74, 6) is -0.653. The molecule has 18 heavy (non-hydrogen) atoms. The molecule has 1 aromatic rings. The molecule has 1 aliphatic rings. The van der Waals surface area contributed by atoms with Crippen molar-refractivity contribution < 1.29 is 13.9 Å². The topological polar surface area (TPSA) is 26.3 Å². The fraction of sp³-hybridized carbons (Fsp3) is 0.400. The highest BCUT2D eigenvalue weighted by Crippen LogP contribution is 2.42. The van der Waals surface area contributed by atoms with E-state index >= 15 is 0 Å². The van der Waals surface area contributed by atoms with Gasteiger partial charge in [0.25, 0.3) is 0 Å². The molecule has 3 heteroatoms. The van der Waals surface area contributed by atoms with Gasteiger partial charge in [-0.25, -0.2) is 9.18 Å². The van der Waals surface area contributed by atoms with E-state index < -0.39 is 5.60 Å². The maximum atomic E-state index is 13.0. The number of hydrogen-bond donors (Lipinski definition) is 0. The van der Waals surface area contributed by atoms with Crippen LogP contribution in [0.15, 0.2) is 36.4 Å². The number of halogens is 1. The van der Waals surface area contributed by atoms with Gasteiger partial charge in [0.1, 0.15) is 11.4 Å². The van der Waals surface area contributed by atoms with Gasteiger partial charge in [0.05, 0.1) is 0 Å². The lowest BCUT2D eigenvalue weighted by molar-refractivity contribution is -0.155. The number of carbonyl (C=O) groups is 1. The molecule has 0 amide bonds. The van der Waals surface area contributed by atoms with Crippen LogP contribution in [0.5, 0.6) is 0 Å². The lowest BCUT2D eigenvalue weighted by atomic mass is 9.92. The quantitative estimate of drug-likeness (QED) is 0.602. The first-order valence-electron chi connectivity index (χ1n) is 6.18. The highest BCUT2D eigenvalue weighted by Gasteiger charge is 2.39. The molecule has 1 saturated carbocycles. The first-order chi connectivity index (χ1) is 8.53. The van der Waals surface area contributed by atoms with Gasteiger partial charge in [-0.1, -0.05) is 18.7 Å². The Morgan fingerprint density at radius 1 is 1.28 bits per heavy atom. The van der Waals surface area contributed by atoms with Crippen molar-refractivity contribution >= 4 is 5.97 Å². The Hall–Kier alpha value is -1.64. The Morgan fingerprint density at radius 2 is 1.83 bits per heavy atom. The Balaban J connectivity index is 2.29. The maximum absolute atomic E-state index is 13.0. The van der Waals surface area contributed by atoms with E-state index in [9.17, 15) is 9.18 Å². The number of esters is 1. The summed E-state index contributed by atoms with van der Waals surface area (Å²) < 4.78 is 18.6. The van der Waals surface area contributed by atoms with Gasteiger partial charge < -0.3 is 4.74 Å². The molecule has 0 heterocycles. The van der Waals surface area contributed by atoms with Crippen LogP contribution in [0.1, 0.15) is 38.2 Å².